The summed E-state index contributed by atoms with van der Waals surface area (Å²) >= 11 is 0. The lowest BCUT2D eigenvalue weighted by atomic mass is 10.1. The Hall–Kier alpha value is -2.21. The Morgan fingerprint density at radius 2 is 2.10 bits per heavy atom. The van der Waals surface area contributed by atoms with E-state index in [9.17, 15) is 5.11 Å². The lowest BCUT2D eigenvalue weighted by molar-refractivity contribution is 0.175. The van der Waals surface area contributed by atoms with E-state index < -0.39 is 6.10 Å². The standard InChI is InChI=1S/C15H19N5O/c1-11(2)9-20-15(16-10-18-20)7-14(21)12-8-17-19-6-4-3-5-13(12)19/h3-6,8,10-11,14,21H,7,9H2,1-2H3. The molecule has 0 aromatic carbocycles. The molecule has 3 rings (SSSR count). The molecule has 1 N–H and O–H groups in total. The van der Waals surface area contributed by atoms with Crippen molar-refractivity contribution in [2.45, 2.75) is 32.9 Å². The van der Waals surface area contributed by atoms with Crippen molar-refractivity contribution in [1.29, 1.82) is 0 Å². The van der Waals surface area contributed by atoms with Crippen molar-refractivity contribution in [3.63, 3.8) is 0 Å². The molecule has 6 nitrogen and oxygen atoms in total. The molecule has 1 atom stereocenters. The van der Waals surface area contributed by atoms with Crippen LogP contribution >= 0.6 is 0 Å². The fourth-order valence-electron chi connectivity index (χ4n) is 2.44. The topological polar surface area (TPSA) is 68.2 Å². The molecule has 6 heteroatoms. The Morgan fingerprint density at radius 3 is 2.90 bits per heavy atom. The van der Waals surface area contributed by atoms with Crippen LogP contribution in [0.1, 0.15) is 31.3 Å². The van der Waals surface area contributed by atoms with Crippen LogP contribution in [0.4, 0.5) is 0 Å². The van der Waals surface area contributed by atoms with Gasteiger partial charge in [-0.15, -0.1) is 0 Å². The van der Waals surface area contributed by atoms with Gasteiger partial charge in [-0.2, -0.15) is 10.2 Å². The highest BCUT2D eigenvalue weighted by molar-refractivity contribution is 5.54. The van der Waals surface area contributed by atoms with Gasteiger partial charge in [0, 0.05) is 24.7 Å². The second-order valence-electron chi connectivity index (χ2n) is 5.60. The van der Waals surface area contributed by atoms with Gasteiger partial charge in [0.2, 0.25) is 0 Å². The lowest BCUT2D eigenvalue weighted by Gasteiger charge is -2.12. The van der Waals surface area contributed by atoms with E-state index in [-0.39, 0.29) is 0 Å². The number of pyridine rings is 1. The summed E-state index contributed by atoms with van der Waals surface area (Å²) < 4.78 is 3.62. The number of aromatic nitrogens is 5. The summed E-state index contributed by atoms with van der Waals surface area (Å²) in [5.41, 5.74) is 1.73. The number of aliphatic hydroxyl groups excluding tert-OH is 1. The van der Waals surface area contributed by atoms with E-state index in [4.69, 9.17) is 0 Å². The van der Waals surface area contributed by atoms with Gasteiger partial charge in [0.25, 0.3) is 0 Å². The van der Waals surface area contributed by atoms with Crippen LogP contribution in [-0.4, -0.2) is 29.5 Å². The first-order chi connectivity index (χ1) is 10.1. The lowest BCUT2D eigenvalue weighted by Crippen LogP contribution is -2.13. The summed E-state index contributed by atoms with van der Waals surface area (Å²) in [5.74, 6) is 1.28. The molecular formula is C15H19N5O. The molecule has 0 aliphatic carbocycles. The van der Waals surface area contributed by atoms with Crippen molar-refractivity contribution in [3.05, 3.63) is 48.3 Å². The maximum Gasteiger partial charge on any atom is 0.138 e. The molecule has 3 heterocycles. The quantitative estimate of drug-likeness (QED) is 0.777. The first kappa shape index (κ1) is 13.8. The first-order valence-electron chi connectivity index (χ1n) is 7.12. The molecule has 0 aliphatic rings. The van der Waals surface area contributed by atoms with Crippen LogP contribution in [0, 0.1) is 5.92 Å². The molecule has 0 radical (unpaired) electrons. The Balaban J connectivity index is 1.83. The van der Waals surface area contributed by atoms with Crippen LogP contribution < -0.4 is 0 Å². The third-order valence-corrected chi connectivity index (χ3v) is 3.43. The zero-order valence-electron chi connectivity index (χ0n) is 12.2. The zero-order chi connectivity index (χ0) is 14.8. The van der Waals surface area contributed by atoms with Gasteiger partial charge in [-0.25, -0.2) is 14.2 Å². The summed E-state index contributed by atoms with van der Waals surface area (Å²) in [7, 11) is 0. The first-order valence-corrected chi connectivity index (χ1v) is 7.12. The van der Waals surface area contributed by atoms with Gasteiger partial charge in [0.05, 0.1) is 17.8 Å². The van der Waals surface area contributed by atoms with Crippen molar-refractivity contribution in [2.24, 2.45) is 5.92 Å². The van der Waals surface area contributed by atoms with E-state index in [1.54, 1.807) is 17.0 Å². The van der Waals surface area contributed by atoms with E-state index in [2.05, 4.69) is 29.0 Å². The van der Waals surface area contributed by atoms with Crippen LogP contribution in [0.15, 0.2) is 36.9 Å². The average molecular weight is 285 g/mol. The molecule has 110 valence electrons. The monoisotopic (exact) mass is 285 g/mol. The highest BCUT2D eigenvalue weighted by Gasteiger charge is 2.17. The normalized spacial score (nSPS) is 13.1. The summed E-state index contributed by atoms with van der Waals surface area (Å²) in [4.78, 5) is 4.26. The van der Waals surface area contributed by atoms with Crippen molar-refractivity contribution in [1.82, 2.24) is 24.4 Å². The fourth-order valence-corrected chi connectivity index (χ4v) is 2.44. The molecule has 0 saturated carbocycles. The highest BCUT2D eigenvalue weighted by Crippen LogP contribution is 2.22. The third kappa shape index (κ3) is 2.80. The van der Waals surface area contributed by atoms with Crippen molar-refractivity contribution in [3.8, 4) is 0 Å². The molecular weight excluding hydrogens is 266 g/mol. The van der Waals surface area contributed by atoms with E-state index in [0.717, 1.165) is 23.4 Å². The molecule has 3 aromatic rings. The third-order valence-electron chi connectivity index (χ3n) is 3.43. The number of aliphatic hydroxyl groups is 1. The minimum Gasteiger partial charge on any atom is -0.388 e. The maximum absolute atomic E-state index is 10.5. The SMILES string of the molecule is CC(C)Cn1ncnc1CC(O)c1cnn2ccccc12. The Morgan fingerprint density at radius 1 is 1.24 bits per heavy atom. The Labute approximate surface area is 123 Å². The van der Waals surface area contributed by atoms with E-state index in [1.165, 1.54) is 0 Å². The number of fused-ring (bicyclic) bond motifs is 1. The zero-order valence-corrected chi connectivity index (χ0v) is 12.2. The van der Waals surface area contributed by atoms with Gasteiger partial charge in [-0.3, -0.25) is 0 Å². The van der Waals surface area contributed by atoms with Crippen LogP contribution in [0.3, 0.4) is 0 Å². The van der Waals surface area contributed by atoms with Crippen molar-refractivity contribution in [2.75, 3.05) is 0 Å². The van der Waals surface area contributed by atoms with Crippen molar-refractivity contribution < 1.29 is 5.11 Å². The molecule has 0 saturated heterocycles. The van der Waals surface area contributed by atoms with Gasteiger partial charge >= 0.3 is 0 Å². The summed E-state index contributed by atoms with van der Waals surface area (Å²) in [5, 5.41) is 19.0. The van der Waals surface area contributed by atoms with Crippen LogP contribution in [0.2, 0.25) is 0 Å². The number of nitrogens with zero attached hydrogens (tertiary/aromatic N) is 5. The second-order valence-corrected chi connectivity index (χ2v) is 5.60. The van der Waals surface area contributed by atoms with Gasteiger partial charge in [-0.05, 0) is 18.1 Å². The second kappa shape index (κ2) is 5.65. The van der Waals surface area contributed by atoms with E-state index >= 15 is 0 Å². The van der Waals surface area contributed by atoms with Gasteiger partial charge in [0.15, 0.2) is 0 Å². The van der Waals surface area contributed by atoms with Crippen LogP contribution in [0.5, 0.6) is 0 Å². The van der Waals surface area contributed by atoms with Gasteiger partial charge in [0.1, 0.15) is 12.2 Å². The van der Waals surface area contributed by atoms with Crippen LogP contribution in [0.25, 0.3) is 5.52 Å². The molecule has 0 bridgehead atoms. The van der Waals surface area contributed by atoms with Gasteiger partial charge in [-0.1, -0.05) is 19.9 Å². The molecule has 21 heavy (non-hydrogen) atoms. The van der Waals surface area contributed by atoms with Crippen molar-refractivity contribution >= 4 is 5.52 Å². The molecule has 0 spiro atoms. The maximum atomic E-state index is 10.5. The largest absolute Gasteiger partial charge is 0.388 e. The van der Waals surface area contributed by atoms with E-state index in [1.807, 2.05) is 29.1 Å². The minimum atomic E-state index is -0.639. The molecule has 0 amide bonds. The molecule has 0 fully saturated rings. The number of hydrogen-bond acceptors (Lipinski definition) is 4. The molecule has 0 aliphatic heterocycles. The summed E-state index contributed by atoms with van der Waals surface area (Å²) in [6.45, 7) is 5.07. The van der Waals surface area contributed by atoms with E-state index in [0.29, 0.717) is 12.3 Å². The van der Waals surface area contributed by atoms with Crippen LogP contribution in [-0.2, 0) is 13.0 Å². The summed E-state index contributed by atoms with van der Waals surface area (Å²) in [6.07, 6.45) is 4.92. The fraction of sp³-hybridized carbons (Fsp3) is 0.400. The molecule has 3 aromatic heterocycles. The number of hydrogen-bond donors (Lipinski definition) is 1. The Kier molecular flexibility index (Phi) is 3.70. The molecule has 1 unspecified atom stereocenters. The predicted molar refractivity (Wildman–Crippen MR) is 78.7 cm³/mol. The smallest absolute Gasteiger partial charge is 0.138 e. The average Bonchev–Trinajstić information content (AvgIpc) is 3.05. The predicted octanol–water partition coefficient (Wildman–Crippen LogP) is 1.86. The number of rotatable bonds is 5. The van der Waals surface area contributed by atoms with Gasteiger partial charge < -0.3 is 5.11 Å². The minimum absolute atomic E-state index is 0.433. The highest BCUT2D eigenvalue weighted by atomic mass is 16.3. The Bertz CT molecular complexity index is 730. The summed E-state index contributed by atoms with van der Waals surface area (Å²) in [6, 6.07) is 5.80.